The Balaban J connectivity index is 1.51. The predicted octanol–water partition coefficient (Wildman–Crippen LogP) is 3.03. The molecule has 2 aromatic rings. The van der Waals surface area contributed by atoms with Crippen molar-refractivity contribution in [2.24, 2.45) is 0 Å². The van der Waals surface area contributed by atoms with Crippen LogP contribution in [0.5, 0.6) is 5.75 Å². The van der Waals surface area contributed by atoms with Crippen molar-refractivity contribution >= 4 is 21.4 Å². The highest BCUT2D eigenvalue weighted by molar-refractivity contribution is 7.90. The molecule has 2 aromatic carbocycles. The van der Waals surface area contributed by atoms with Gasteiger partial charge in [-0.25, -0.2) is 8.42 Å². The van der Waals surface area contributed by atoms with E-state index in [-0.39, 0.29) is 6.04 Å². The third-order valence-electron chi connectivity index (χ3n) is 5.06. The van der Waals surface area contributed by atoms with E-state index in [2.05, 4.69) is 23.2 Å². The van der Waals surface area contributed by atoms with E-state index in [1.165, 1.54) is 11.8 Å². The quantitative estimate of drug-likeness (QED) is 0.743. The van der Waals surface area contributed by atoms with Crippen LogP contribution in [0.1, 0.15) is 12.5 Å². The zero-order chi connectivity index (χ0) is 20.1. The number of piperazine rings is 1. The largest absolute Gasteiger partial charge is 0.492 e. The van der Waals surface area contributed by atoms with Crippen molar-refractivity contribution in [2.45, 2.75) is 30.3 Å². The highest BCUT2D eigenvalue weighted by Gasteiger charge is 2.25. The normalized spacial score (nSPS) is 20.8. The highest BCUT2D eigenvalue weighted by atomic mass is 35.5. The first-order valence-electron chi connectivity index (χ1n) is 9.46. The Bertz CT molecular complexity index is 887. The molecule has 0 aliphatic carbocycles. The van der Waals surface area contributed by atoms with Crippen LogP contribution in [0.4, 0.5) is 0 Å². The summed E-state index contributed by atoms with van der Waals surface area (Å²) < 4.78 is 28.9. The fraction of sp³-hybridized carbons (Fsp3) is 0.429. The Morgan fingerprint density at radius 3 is 2.64 bits per heavy atom. The van der Waals surface area contributed by atoms with Gasteiger partial charge in [-0.05, 0) is 55.3 Å². The SMILES string of the molecule is CC1CNC(COc2ccc(S(C)(=O)=O)cc2)CN1CCc1cccc(Cl)c1. The first-order valence-corrected chi connectivity index (χ1v) is 11.7. The average molecular weight is 423 g/mol. The lowest BCUT2D eigenvalue weighted by atomic mass is 10.1. The first kappa shape index (κ1) is 21.1. The first-order chi connectivity index (χ1) is 13.3. The Hall–Kier alpha value is -1.60. The topological polar surface area (TPSA) is 58.6 Å². The Labute approximate surface area is 172 Å². The maximum atomic E-state index is 11.5. The van der Waals surface area contributed by atoms with E-state index >= 15 is 0 Å². The second-order valence-electron chi connectivity index (χ2n) is 7.38. The van der Waals surface area contributed by atoms with E-state index in [0.29, 0.717) is 23.3 Å². The van der Waals surface area contributed by atoms with Gasteiger partial charge in [0.25, 0.3) is 0 Å². The standard InChI is InChI=1S/C21H27ClN2O3S/c1-16-13-23-19(14-24(16)11-10-17-4-3-5-18(22)12-17)15-27-20-6-8-21(9-7-20)28(2,25)26/h3-9,12,16,19,23H,10-11,13-15H2,1-2H3. The summed E-state index contributed by atoms with van der Waals surface area (Å²) in [5.74, 6) is 0.679. The van der Waals surface area contributed by atoms with Gasteiger partial charge in [0.1, 0.15) is 12.4 Å². The number of hydrogen-bond donors (Lipinski definition) is 1. The summed E-state index contributed by atoms with van der Waals surface area (Å²) in [5.41, 5.74) is 1.25. The molecule has 152 valence electrons. The molecule has 1 heterocycles. The Kier molecular flexibility index (Phi) is 6.99. The smallest absolute Gasteiger partial charge is 0.175 e. The van der Waals surface area contributed by atoms with Crippen molar-refractivity contribution in [3.8, 4) is 5.75 Å². The number of nitrogens with one attached hydrogen (secondary N) is 1. The molecule has 1 aliphatic rings. The molecule has 28 heavy (non-hydrogen) atoms. The second-order valence-corrected chi connectivity index (χ2v) is 9.84. The third-order valence-corrected chi connectivity index (χ3v) is 6.42. The lowest BCUT2D eigenvalue weighted by Crippen LogP contribution is -2.57. The lowest BCUT2D eigenvalue weighted by molar-refractivity contribution is 0.116. The minimum atomic E-state index is -3.18. The van der Waals surface area contributed by atoms with E-state index < -0.39 is 9.84 Å². The van der Waals surface area contributed by atoms with Gasteiger partial charge in [0.2, 0.25) is 0 Å². The Morgan fingerprint density at radius 2 is 1.96 bits per heavy atom. The molecule has 1 saturated heterocycles. The summed E-state index contributed by atoms with van der Waals surface area (Å²) in [6.07, 6.45) is 2.17. The zero-order valence-electron chi connectivity index (χ0n) is 16.3. The number of halogens is 1. The van der Waals surface area contributed by atoms with Crippen LogP contribution in [0.2, 0.25) is 5.02 Å². The lowest BCUT2D eigenvalue weighted by Gasteiger charge is -2.38. The fourth-order valence-corrected chi connectivity index (χ4v) is 4.21. The van der Waals surface area contributed by atoms with Gasteiger partial charge in [0, 0.05) is 37.0 Å². The van der Waals surface area contributed by atoms with E-state index in [1.54, 1.807) is 24.3 Å². The number of ether oxygens (including phenoxy) is 1. The van der Waals surface area contributed by atoms with E-state index in [4.69, 9.17) is 16.3 Å². The van der Waals surface area contributed by atoms with Crippen molar-refractivity contribution in [1.82, 2.24) is 10.2 Å². The highest BCUT2D eigenvalue weighted by Crippen LogP contribution is 2.17. The van der Waals surface area contributed by atoms with Crippen molar-refractivity contribution in [3.05, 3.63) is 59.1 Å². The van der Waals surface area contributed by atoms with Crippen LogP contribution in [0, 0.1) is 0 Å². The molecular weight excluding hydrogens is 396 g/mol. The molecular formula is C21H27ClN2O3S. The van der Waals surface area contributed by atoms with Crippen molar-refractivity contribution < 1.29 is 13.2 Å². The molecule has 3 rings (SSSR count). The average Bonchev–Trinajstić information content (AvgIpc) is 2.66. The van der Waals surface area contributed by atoms with E-state index in [9.17, 15) is 8.42 Å². The molecule has 1 aliphatic heterocycles. The molecule has 1 N–H and O–H groups in total. The fourth-order valence-electron chi connectivity index (χ4n) is 3.36. The number of sulfone groups is 1. The minimum absolute atomic E-state index is 0.227. The van der Waals surface area contributed by atoms with Gasteiger partial charge < -0.3 is 10.1 Å². The van der Waals surface area contributed by atoms with Crippen LogP contribution < -0.4 is 10.1 Å². The molecule has 2 atom stereocenters. The summed E-state index contributed by atoms with van der Waals surface area (Å²) in [4.78, 5) is 2.77. The summed E-state index contributed by atoms with van der Waals surface area (Å²) in [6.45, 7) is 5.56. The van der Waals surface area contributed by atoms with E-state index in [1.807, 2.05) is 18.2 Å². The third kappa shape index (κ3) is 5.95. The van der Waals surface area contributed by atoms with Gasteiger partial charge in [-0.15, -0.1) is 0 Å². The number of hydrogen-bond acceptors (Lipinski definition) is 5. The van der Waals surface area contributed by atoms with Crippen LogP contribution in [0.25, 0.3) is 0 Å². The van der Waals surface area contributed by atoms with E-state index in [0.717, 1.165) is 31.1 Å². The summed E-state index contributed by atoms with van der Waals surface area (Å²) >= 11 is 6.08. The minimum Gasteiger partial charge on any atom is -0.492 e. The summed E-state index contributed by atoms with van der Waals surface area (Å²) in [5, 5.41) is 4.31. The molecule has 0 saturated carbocycles. The van der Waals surface area contributed by atoms with Gasteiger partial charge in [0.15, 0.2) is 9.84 Å². The van der Waals surface area contributed by atoms with Crippen LogP contribution in [0.3, 0.4) is 0 Å². The molecule has 0 aromatic heterocycles. The van der Waals surface area contributed by atoms with Gasteiger partial charge in [0.05, 0.1) is 10.9 Å². The van der Waals surface area contributed by atoms with Crippen molar-refractivity contribution in [2.75, 3.05) is 32.5 Å². The molecule has 0 radical (unpaired) electrons. The monoisotopic (exact) mass is 422 g/mol. The number of benzene rings is 2. The molecule has 0 amide bonds. The van der Waals surface area contributed by atoms with Crippen LogP contribution in [0.15, 0.2) is 53.4 Å². The van der Waals surface area contributed by atoms with Gasteiger partial charge in [-0.1, -0.05) is 23.7 Å². The second kappa shape index (κ2) is 9.27. The van der Waals surface area contributed by atoms with Crippen LogP contribution in [-0.4, -0.2) is 57.9 Å². The van der Waals surface area contributed by atoms with Gasteiger partial charge >= 0.3 is 0 Å². The van der Waals surface area contributed by atoms with Crippen molar-refractivity contribution in [1.29, 1.82) is 0 Å². The number of nitrogens with zero attached hydrogens (tertiary/aromatic N) is 1. The van der Waals surface area contributed by atoms with Gasteiger partial charge in [-0.2, -0.15) is 0 Å². The zero-order valence-corrected chi connectivity index (χ0v) is 17.8. The van der Waals surface area contributed by atoms with Crippen LogP contribution >= 0.6 is 11.6 Å². The summed E-state index contributed by atoms with van der Waals surface area (Å²) in [7, 11) is -3.18. The number of rotatable bonds is 7. The molecule has 7 heteroatoms. The maximum absolute atomic E-state index is 11.5. The maximum Gasteiger partial charge on any atom is 0.175 e. The van der Waals surface area contributed by atoms with Gasteiger partial charge in [-0.3, -0.25) is 4.90 Å². The summed E-state index contributed by atoms with van der Waals surface area (Å²) in [6, 6.07) is 15.3. The molecule has 5 nitrogen and oxygen atoms in total. The van der Waals surface area contributed by atoms with Crippen molar-refractivity contribution in [3.63, 3.8) is 0 Å². The Morgan fingerprint density at radius 1 is 1.21 bits per heavy atom. The molecule has 0 bridgehead atoms. The predicted molar refractivity (Wildman–Crippen MR) is 113 cm³/mol. The van der Waals surface area contributed by atoms with Crippen LogP contribution in [-0.2, 0) is 16.3 Å². The molecule has 1 fully saturated rings. The molecule has 0 spiro atoms. The molecule has 2 unspecified atom stereocenters.